The average molecular weight is 387 g/mol. The molecule has 0 fully saturated rings. The number of aromatic nitrogens is 3. The van der Waals surface area contributed by atoms with Gasteiger partial charge in [-0.3, -0.25) is 14.6 Å². The van der Waals surface area contributed by atoms with Crippen LogP contribution in [0, 0.1) is 5.41 Å². The molecule has 0 aromatic carbocycles. The molecule has 6 N–H and O–H groups in total. The molecule has 2 aromatic rings. The minimum absolute atomic E-state index is 0.0153. The van der Waals surface area contributed by atoms with Gasteiger partial charge in [-0.2, -0.15) is 0 Å². The third-order valence-corrected chi connectivity index (χ3v) is 4.10. The van der Waals surface area contributed by atoms with E-state index in [-0.39, 0.29) is 23.5 Å². The number of carbonyl (C=O) groups excluding carboxylic acids is 2. The zero-order valence-corrected chi connectivity index (χ0v) is 16.3. The molecule has 2 amide bonds. The maximum absolute atomic E-state index is 11.7. The first kappa shape index (κ1) is 20.9. The van der Waals surface area contributed by atoms with E-state index in [1.165, 1.54) is 13.3 Å². The van der Waals surface area contributed by atoms with Crippen molar-refractivity contribution in [2.45, 2.75) is 33.2 Å². The number of anilines is 3. The third kappa shape index (κ3) is 5.29. The van der Waals surface area contributed by atoms with E-state index in [1.807, 2.05) is 6.92 Å². The lowest BCUT2D eigenvalue weighted by Crippen LogP contribution is -2.36. The SMILES string of the molecule is COc1cncc(Nc2nc(NC(C)CC(C)(C)C(N)=O)cnc2C(N)=O)c1. The van der Waals surface area contributed by atoms with E-state index in [2.05, 4.69) is 25.6 Å². The van der Waals surface area contributed by atoms with E-state index in [1.54, 1.807) is 32.3 Å². The summed E-state index contributed by atoms with van der Waals surface area (Å²) in [6.07, 6.45) is 4.99. The van der Waals surface area contributed by atoms with Gasteiger partial charge in [-0.15, -0.1) is 0 Å². The standard InChI is InChI=1S/C18H25N7O3/c1-10(6-18(2,3)17(20)27)23-13-9-22-14(15(19)26)16(25-13)24-11-5-12(28-4)8-21-7-11/h5,7-10H,6H2,1-4H3,(H2,19,26)(H2,20,27)(H2,23,24,25). The molecule has 150 valence electrons. The highest BCUT2D eigenvalue weighted by Gasteiger charge is 2.27. The fourth-order valence-electron chi connectivity index (χ4n) is 2.63. The number of nitrogens with zero attached hydrogens (tertiary/aromatic N) is 3. The molecule has 0 saturated heterocycles. The first-order valence-electron chi connectivity index (χ1n) is 8.61. The largest absolute Gasteiger partial charge is 0.495 e. The zero-order chi connectivity index (χ0) is 20.9. The summed E-state index contributed by atoms with van der Waals surface area (Å²) in [6.45, 7) is 5.45. The van der Waals surface area contributed by atoms with Crippen molar-refractivity contribution in [3.63, 3.8) is 0 Å². The summed E-state index contributed by atoms with van der Waals surface area (Å²) in [5.74, 6) is 0.0183. The van der Waals surface area contributed by atoms with Gasteiger partial charge in [-0.05, 0) is 13.3 Å². The van der Waals surface area contributed by atoms with Crippen LogP contribution in [0.15, 0.2) is 24.7 Å². The zero-order valence-electron chi connectivity index (χ0n) is 16.3. The van der Waals surface area contributed by atoms with Crippen molar-refractivity contribution >= 4 is 29.1 Å². The van der Waals surface area contributed by atoms with Gasteiger partial charge in [0.2, 0.25) is 5.91 Å². The molecule has 2 aromatic heterocycles. The second-order valence-electron chi connectivity index (χ2n) is 7.05. The molecule has 0 aliphatic rings. The minimum atomic E-state index is -0.722. The third-order valence-electron chi connectivity index (χ3n) is 4.10. The molecular formula is C18H25N7O3. The molecule has 2 rings (SSSR count). The van der Waals surface area contributed by atoms with Crippen LogP contribution in [0.2, 0.25) is 0 Å². The van der Waals surface area contributed by atoms with Crippen molar-refractivity contribution in [1.29, 1.82) is 0 Å². The molecule has 0 aliphatic heterocycles. The number of amides is 2. The van der Waals surface area contributed by atoms with Crippen LogP contribution >= 0.6 is 0 Å². The van der Waals surface area contributed by atoms with Gasteiger partial charge in [-0.1, -0.05) is 13.8 Å². The van der Waals surface area contributed by atoms with Crippen molar-refractivity contribution in [2.24, 2.45) is 16.9 Å². The van der Waals surface area contributed by atoms with Gasteiger partial charge >= 0.3 is 0 Å². The smallest absolute Gasteiger partial charge is 0.271 e. The van der Waals surface area contributed by atoms with Crippen LogP contribution in [-0.2, 0) is 4.79 Å². The molecule has 0 bridgehead atoms. The van der Waals surface area contributed by atoms with E-state index in [0.717, 1.165) is 0 Å². The van der Waals surface area contributed by atoms with E-state index < -0.39 is 11.3 Å². The second-order valence-corrected chi connectivity index (χ2v) is 7.05. The van der Waals surface area contributed by atoms with Crippen molar-refractivity contribution in [2.75, 3.05) is 17.7 Å². The van der Waals surface area contributed by atoms with Gasteiger partial charge < -0.3 is 26.8 Å². The molecule has 28 heavy (non-hydrogen) atoms. The number of hydrogen-bond acceptors (Lipinski definition) is 8. The van der Waals surface area contributed by atoms with Gasteiger partial charge in [0.05, 0.1) is 31.4 Å². The molecular weight excluding hydrogens is 362 g/mol. The van der Waals surface area contributed by atoms with Crippen molar-refractivity contribution in [1.82, 2.24) is 15.0 Å². The Morgan fingerprint density at radius 2 is 1.96 bits per heavy atom. The topological polar surface area (TPSA) is 158 Å². The van der Waals surface area contributed by atoms with Crippen LogP contribution in [0.1, 0.15) is 37.7 Å². The molecule has 0 spiro atoms. The summed E-state index contributed by atoms with van der Waals surface area (Å²) < 4.78 is 5.13. The fraction of sp³-hybridized carbons (Fsp3) is 0.389. The Hall–Kier alpha value is -3.43. The predicted molar refractivity (Wildman–Crippen MR) is 105 cm³/mol. The number of hydrogen-bond donors (Lipinski definition) is 4. The van der Waals surface area contributed by atoms with E-state index >= 15 is 0 Å². The highest BCUT2D eigenvalue weighted by atomic mass is 16.5. The summed E-state index contributed by atoms with van der Waals surface area (Å²) in [5, 5.41) is 6.13. The van der Waals surface area contributed by atoms with Crippen LogP contribution in [-0.4, -0.2) is 39.9 Å². The minimum Gasteiger partial charge on any atom is -0.495 e. The van der Waals surface area contributed by atoms with Crippen LogP contribution in [0.3, 0.4) is 0 Å². The van der Waals surface area contributed by atoms with E-state index in [4.69, 9.17) is 16.2 Å². The summed E-state index contributed by atoms with van der Waals surface area (Å²) in [6, 6.07) is 1.57. The first-order valence-corrected chi connectivity index (χ1v) is 8.61. The van der Waals surface area contributed by atoms with Crippen LogP contribution < -0.4 is 26.8 Å². The van der Waals surface area contributed by atoms with Gasteiger partial charge in [-0.25, -0.2) is 9.97 Å². The predicted octanol–water partition coefficient (Wildman–Crippen LogP) is 1.42. The van der Waals surface area contributed by atoms with Crippen LogP contribution in [0.25, 0.3) is 0 Å². The lowest BCUT2D eigenvalue weighted by molar-refractivity contribution is -0.126. The number of ether oxygens (including phenoxy) is 1. The van der Waals surface area contributed by atoms with Crippen molar-refractivity contribution in [3.05, 3.63) is 30.4 Å². The lowest BCUT2D eigenvalue weighted by atomic mass is 9.85. The quantitative estimate of drug-likeness (QED) is 0.503. The normalized spacial score (nSPS) is 12.1. The number of rotatable bonds is 9. The molecule has 0 saturated carbocycles. The first-order chi connectivity index (χ1) is 13.1. The molecule has 1 unspecified atom stereocenters. The van der Waals surface area contributed by atoms with E-state index in [0.29, 0.717) is 23.7 Å². The Morgan fingerprint density at radius 1 is 1.25 bits per heavy atom. The lowest BCUT2D eigenvalue weighted by Gasteiger charge is -2.25. The van der Waals surface area contributed by atoms with Gasteiger partial charge in [0.1, 0.15) is 11.6 Å². The number of carbonyl (C=O) groups is 2. The Balaban J connectivity index is 2.25. The van der Waals surface area contributed by atoms with Gasteiger partial charge in [0.15, 0.2) is 11.5 Å². The fourth-order valence-corrected chi connectivity index (χ4v) is 2.63. The highest BCUT2D eigenvalue weighted by Crippen LogP contribution is 2.25. The molecule has 10 nitrogen and oxygen atoms in total. The average Bonchev–Trinajstić information content (AvgIpc) is 2.61. The Kier molecular flexibility index (Phi) is 6.34. The number of pyridine rings is 1. The summed E-state index contributed by atoms with van der Waals surface area (Å²) in [7, 11) is 1.52. The number of nitrogens with two attached hydrogens (primary N) is 2. The monoisotopic (exact) mass is 387 g/mol. The van der Waals surface area contributed by atoms with E-state index in [9.17, 15) is 9.59 Å². The van der Waals surface area contributed by atoms with Crippen LogP contribution in [0.4, 0.5) is 17.3 Å². The molecule has 2 heterocycles. The number of methoxy groups -OCH3 is 1. The second kappa shape index (κ2) is 8.51. The van der Waals surface area contributed by atoms with Gasteiger partial charge in [0, 0.05) is 17.5 Å². The Morgan fingerprint density at radius 3 is 2.57 bits per heavy atom. The summed E-state index contributed by atoms with van der Waals surface area (Å²) >= 11 is 0. The Labute approximate surface area is 163 Å². The summed E-state index contributed by atoms with van der Waals surface area (Å²) in [5.41, 5.74) is 10.7. The highest BCUT2D eigenvalue weighted by molar-refractivity contribution is 5.96. The summed E-state index contributed by atoms with van der Waals surface area (Å²) in [4.78, 5) is 35.8. The molecule has 1 atom stereocenters. The van der Waals surface area contributed by atoms with Crippen LogP contribution in [0.5, 0.6) is 5.75 Å². The Bertz CT molecular complexity index is 870. The molecule has 10 heteroatoms. The van der Waals surface area contributed by atoms with Crippen molar-refractivity contribution in [3.8, 4) is 5.75 Å². The van der Waals surface area contributed by atoms with Crippen molar-refractivity contribution < 1.29 is 14.3 Å². The van der Waals surface area contributed by atoms with Gasteiger partial charge in [0.25, 0.3) is 5.91 Å². The maximum Gasteiger partial charge on any atom is 0.271 e. The number of nitrogens with one attached hydrogen (secondary N) is 2. The number of primary amides is 2. The molecule has 0 aliphatic carbocycles. The molecule has 0 radical (unpaired) electrons. The maximum atomic E-state index is 11.7.